The lowest BCUT2D eigenvalue weighted by Crippen LogP contribution is -2.11. The summed E-state index contributed by atoms with van der Waals surface area (Å²) in [6.45, 7) is 6.65. The summed E-state index contributed by atoms with van der Waals surface area (Å²) in [5.74, 6) is 0.199. The van der Waals surface area contributed by atoms with Gasteiger partial charge in [-0.15, -0.1) is 0 Å². The molecule has 4 heteroatoms. The van der Waals surface area contributed by atoms with Crippen molar-refractivity contribution in [2.24, 2.45) is 0 Å². The van der Waals surface area contributed by atoms with Gasteiger partial charge < -0.3 is 9.67 Å². The number of hydrogen-bond donors (Lipinski definition) is 1. The Morgan fingerprint density at radius 1 is 0.591 bits per heavy atom. The van der Waals surface area contributed by atoms with E-state index in [-0.39, 0.29) is 11.2 Å². The molecular formula is C40H33N3O. The number of rotatable bonds is 5. The SMILES string of the molecule is CC(C)(C)c1ccnc(-c2cccc(-c3cc(-c4ccccc4-n4ccc5ccccc54)cc(-c4ccccc4O)n3)c2)c1. The summed E-state index contributed by atoms with van der Waals surface area (Å²) in [6.07, 6.45) is 4.01. The third kappa shape index (κ3) is 5.16. The molecule has 214 valence electrons. The normalized spacial score (nSPS) is 11.6. The Kier molecular flexibility index (Phi) is 6.83. The molecule has 7 aromatic rings. The zero-order chi connectivity index (χ0) is 30.3. The Labute approximate surface area is 258 Å². The number of pyridine rings is 2. The monoisotopic (exact) mass is 571 g/mol. The molecule has 0 amide bonds. The molecule has 0 aliphatic heterocycles. The number of aromatic nitrogens is 3. The number of phenolic OH excluding ortho intramolecular Hbond substituents is 1. The highest BCUT2D eigenvalue weighted by Crippen LogP contribution is 2.37. The lowest BCUT2D eigenvalue weighted by Gasteiger charge is -2.19. The average Bonchev–Trinajstić information content (AvgIpc) is 3.49. The first-order valence-corrected chi connectivity index (χ1v) is 14.9. The van der Waals surface area contributed by atoms with E-state index in [2.05, 4.69) is 135 Å². The first-order valence-electron chi connectivity index (χ1n) is 14.9. The van der Waals surface area contributed by atoms with Gasteiger partial charge in [0, 0.05) is 34.6 Å². The van der Waals surface area contributed by atoms with Gasteiger partial charge in [0.15, 0.2) is 0 Å². The summed E-state index contributed by atoms with van der Waals surface area (Å²) in [6, 6.07) is 43.2. The molecule has 7 rings (SSSR count). The molecule has 0 aliphatic rings. The van der Waals surface area contributed by atoms with Crippen LogP contribution in [0.3, 0.4) is 0 Å². The van der Waals surface area contributed by atoms with Gasteiger partial charge in [-0.1, -0.05) is 87.5 Å². The zero-order valence-corrected chi connectivity index (χ0v) is 25.1. The van der Waals surface area contributed by atoms with E-state index in [1.807, 2.05) is 24.4 Å². The van der Waals surface area contributed by atoms with Crippen LogP contribution in [-0.4, -0.2) is 19.6 Å². The van der Waals surface area contributed by atoms with Crippen LogP contribution in [0.25, 0.3) is 61.5 Å². The van der Waals surface area contributed by atoms with Gasteiger partial charge in [-0.3, -0.25) is 4.98 Å². The summed E-state index contributed by atoms with van der Waals surface area (Å²) < 4.78 is 2.24. The Bertz CT molecular complexity index is 2130. The number of para-hydroxylation sites is 3. The minimum atomic E-state index is 0.0240. The fourth-order valence-electron chi connectivity index (χ4n) is 5.78. The van der Waals surface area contributed by atoms with E-state index < -0.39 is 0 Å². The van der Waals surface area contributed by atoms with E-state index in [4.69, 9.17) is 9.97 Å². The predicted molar refractivity (Wildman–Crippen MR) is 181 cm³/mol. The average molecular weight is 572 g/mol. The number of hydrogen-bond acceptors (Lipinski definition) is 3. The maximum Gasteiger partial charge on any atom is 0.124 e. The highest BCUT2D eigenvalue weighted by atomic mass is 16.3. The fourth-order valence-corrected chi connectivity index (χ4v) is 5.78. The molecule has 44 heavy (non-hydrogen) atoms. The van der Waals surface area contributed by atoms with Crippen molar-refractivity contribution in [3.8, 4) is 56.3 Å². The van der Waals surface area contributed by atoms with Crippen molar-refractivity contribution in [2.45, 2.75) is 26.2 Å². The van der Waals surface area contributed by atoms with Gasteiger partial charge in [0.05, 0.1) is 28.3 Å². The molecule has 0 fully saturated rings. The number of benzene rings is 4. The second-order valence-electron chi connectivity index (χ2n) is 12.2. The molecule has 0 atom stereocenters. The molecule has 4 aromatic carbocycles. The zero-order valence-electron chi connectivity index (χ0n) is 25.1. The lowest BCUT2D eigenvalue weighted by molar-refractivity contribution is 0.477. The maximum absolute atomic E-state index is 10.8. The second-order valence-corrected chi connectivity index (χ2v) is 12.2. The van der Waals surface area contributed by atoms with Crippen molar-refractivity contribution in [3.05, 3.63) is 145 Å². The van der Waals surface area contributed by atoms with Gasteiger partial charge in [-0.2, -0.15) is 0 Å². The Morgan fingerprint density at radius 3 is 2.11 bits per heavy atom. The number of phenols is 1. The van der Waals surface area contributed by atoms with Crippen LogP contribution in [-0.2, 0) is 5.41 Å². The van der Waals surface area contributed by atoms with Crippen LogP contribution in [0.15, 0.2) is 140 Å². The molecule has 0 saturated carbocycles. The van der Waals surface area contributed by atoms with E-state index in [1.54, 1.807) is 6.07 Å². The van der Waals surface area contributed by atoms with Crippen molar-refractivity contribution in [1.29, 1.82) is 0 Å². The summed E-state index contributed by atoms with van der Waals surface area (Å²) >= 11 is 0. The van der Waals surface area contributed by atoms with Crippen LogP contribution in [0.4, 0.5) is 0 Å². The van der Waals surface area contributed by atoms with Gasteiger partial charge >= 0.3 is 0 Å². The van der Waals surface area contributed by atoms with Crippen molar-refractivity contribution in [3.63, 3.8) is 0 Å². The molecule has 4 nitrogen and oxygen atoms in total. The van der Waals surface area contributed by atoms with E-state index in [0.29, 0.717) is 11.3 Å². The minimum Gasteiger partial charge on any atom is -0.507 e. The third-order valence-corrected chi connectivity index (χ3v) is 8.16. The topological polar surface area (TPSA) is 50.9 Å². The third-order valence-electron chi connectivity index (χ3n) is 8.16. The van der Waals surface area contributed by atoms with Crippen LogP contribution in [0.2, 0.25) is 0 Å². The van der Waals surface area contributed by atoms with Crippen LogP contribution in [0, 0.1) is 0 Å². The molecule has 3 heterocycles. The molecular weight excluding hydrogens is 538 g/mol. The van der Waals surface area contributed by atoms with Gasteiger partial charge in [0.2, 0.25) is 0 Å². The summed E-state index contributed by atoms with van der Waals surface area (Å²) in [5.41, 5.74) is 10.7. The van der Waals surface area contributed by atoms with E-state index in [9.17, 15) is 5.11 Å². The Balaban J connectivity index is 1.41. The molecule has 1 N–H and O–H groups in total. The molecule has 0 radical (unpaired) electrons. The van der Waals surface area contributed by atoms with Crippen LogP contribution < -0.4 is 0 Å². The fraction of sp³-hybridized carbons (Fsp3) is 0.100. The molecule has 0 unspecified atom stereocenters. The number of fused-ring (bicyclic) bond motifs is 1. The van der Waals surface area contributed by atoms with Gasteiger partial charge in [-0.25, -0.2) is 4.98 Å². The van der Waals surface area contributed by atoms with Crippen molar-refractivity contribution >= 4 is 10.9 Å². The second kappa shape index (κ2) is 11.0. The quantitative estimate of drug-likeness (QED) is 0.224. The predicted octanol–water partition coefficient (Wildman–Crippen LogP) is 10.1. The van der Waals surface area contributed by atoms with Gasteiger partial charge in [-0.05, 0) is 82.6 Å². The van der Waals surface area contributed by atoms with E-state index in [1.165, 1.54) is 10.9 Å². The van der Waals surface area contributed by atoms with Crippen LogP contribution >= 0.6 is 0 Å². The lowest BCUT2D eigenvalue weighted by atomic mass is 9.87. The Morgan fingerprint density at radius 2 is 1.30 bits per heavy atom. The molecule has 0 spiro atoms. The number of nitrogens with zero attached hydrogens (tertiary/aromatic N) is 3. The summed E-state index contributed by atoms with van der Waals surface area (Å²) in [7, 11) is 0. The van der Waals surface area contributed by atoms with Crippen LogP contribution in [0.1, 0.15) is 26.3 Å². The first-order chi connectivity index (χ1) is 21.3. The smallest absolute Gasteiger partial charge is 0.124 e. The maximum atomic E-state index is 10.8. The van der Waals surface area contributed by atoms with Gasteiger partial charge in [0.25, 0.3) is 0 Å². The van der Waals surface area contributed by atoms with E-state index in [0.717, 1.165) is 44.8 Å². The first kappa shape index (κ1) is 27.4. The van der Waals surface area contributed by atoms with Gasteiger partial charge in [0.1, 0.15) is 5.75 Å². The molecule has 0 bridgehead atoms. The standard InChI is InChI=1S/C40H33N3O/c1-40(2,3)31-19-21-41-34(26-31)28-12-10-13-29(23-28)35-24-30(25-36(42-35)33-15-6-9-18-39(33)44)32-14-5-8-17-38(32)43-22-20-27-11-4-7-16-37(27)43/h4-26,44H,1-3H3. The Hall–Kier alpha value is -5.48. The van der Waals surface area contributed by atoms with Crippen LogP contribution in [0.5, 0.6) is 5.75 Å². The molecule has 3 aromatic heterocycles. The number of aromatic hydroxyl groups is 1. The van der Waals surface area contributed by atoms with Crippen molar-refractivity contribution in [2.75, 3.05) is 0 Å². The highest BCUT2D eigenvalue weighted by Gasteiger charge is 2.17. The minimum absolute atomic E-state index is 0.0240. The van der Waals surface area contributed by atoms with Crippen molar-refractivity contribution in [1.82, 2.24) is 14.5 Å². The summed E-state index contributed by atoms with van der Waals surface area (Å²) in [5, 5.41) is 12.0. The summed E-state index contributed by atoms with van der Waals surface area (Å²) in [4.78, 5) is 9.82. The van der Waals surface area contributed by atoms with Crippen molar-refractivity contribution < 1.29 is 5.11 Å². The molecule has 0 saturated heterocycles. The highest BCUT2D eigenvalue weighted by molar-refractivity contribution is 5.87. The largest absolute Gasteiger partial charge is 0.507 e. The molecule has 0 aliphatic carbocycles. The van der Waals surface area contributed by atoms with E-state index >= 15 is 0 Å².